The first-order valence-corrected chi connectivity index (χ1v) is 9.11. The first-order valence-electron chi connectivity index (χ1n) is 9.11. The van der Waals surface area contributed by atoms with Crippen LogP contribution in [0.1, 0.15) is 37.7 Å². The van der Waals surface area contributed by atoms with Gasteiger partial charge in [0.2, 0.25) is 0 Å². The Morgan fingerprint density at radius 2 is 2.12 bits per heavy atom. The van der Waals surface area contributed by atoms with Crippen molar-refractivity contribution in [2.45, 2.75) is 50.9 Å². The molecule has 0 saturated carbocycles. The van der Waals surface area contributed by atoms with E-state index in [0.717, 1.165) is 57.8 Å². The van der Waals surface area contributed by atoms with E-state index in [4.69, 9.17) is 9.47 Å². The topological polar surface area (TPSA) is 51.9 Å². The molecule has 2 fully saturated rings. The number of likely N-dealkylation sites (tertiary alicyclic amines) is 1. The molecule has 1 atom stereocenters. The van der Waals surface area contributed by atoms with Crippen LogP contribution in [0.5, 0.6) is 0 Å². The van der Waals surface area contributed by atoms with E-state index in [-0.39, 0.29) is 0 Å². The van der Waals surface area contributed by atoms with E-state index in [9.17, 15) is 0 Å². The van der Waals surface area contributed by atoms with Crippen LogP contribution in [0.2, 0.25) is 0 Å². The standard InChI is InChI=1S/C18H26N4O2/c1-2-10-23-17(3-1)13-24-16-5-7-21(8-6-16)12-15-4-9-22-18(11-15)19-14-20-22/h4,9,11,14,16-17H,1-3,5-8,10,12-13H2. The number of aromatic nitrogens is 3. The highest BCUT2D eigenvalue weighted by Crippen LogP contribution is 2.19. The summed E-state index contributed by atoms with van der Waals surface area (Å²) < 4.78 is 13.6. The largest absolute Gasteiger partial charge is 0.376 e. The molecule has 0 N–H and O–H groups in total. The second kappa shape index (κ2) is 7.59. The van der Waals surface area contributed by atoms with Crippen LogP contribution in [0.25, 0.3) is 5.65 Å². The average molecular weight is 330 g/mol. The second-order valence-corrected chi connectivity index (χ2v) is 6.90. The first-order chi connectivity index (χ1) is 11.9. The van der Waals surface area contributed by atoms with Crippen molar-refractivity contribution in [2.75, 3.05) is 26.3 Å². The predicted octanol–water partition coefficient (Wildman–Crippen LogP) is 2.28. The zero-order valence-corrected chi connectivity index (χ0v) is 14.1. The third-order valence-electron chi connectivity index (χ3n) is 5.08. The van der Waals surface area contributed by atoms with Crippen LogP contribution in [0.15, 0.2) is 24.7 Å². The molecule has 2 aliphatic heterocycles. The summed E-state index contributed by atoms with van der Waals surface area (Å²) in [5.74, 6) is 0. The minimum absolute atomic E-state index is 0.326. The lowest BCUT2D eigenvalue weighted by molar-refractivity contribution is -0.0753. The van der Waals surface area contributed by atoms with Gasteiger partial charge in [-0.1, -0.05) is 0 Å². The quantitative estimate of drug-likeness (QED) is 0.842. The van der Waals surface area contributed by atoms with Crippen molar-refractivity contribution >= 4 is 5.65 Å². The number of hydrogen-bond acceptors (Lipinski definition) is 5. The van der Waals surface area contributed by atoms with E-state index in [1.807, 2.05) is 6.20 Å². The first kappa shape index (κ1) is 16.0. The summed E-state index contributed by atoms with van der Waals surface area (Å²) in [6, 6.07) is 4.25. The van der Waals surface area contributed by atoms with Gasteiger partial charge >= 0.3 is 0 Å². The fourth-order valence-corrected chi connectivity index (χ4v) is 3.63. The Labute approximate surface area is 142 Å². The maximum Gasteiger partial charge on any atom is 0.155 e. The van der Waals surface area contributed by atoms with Crippen molar-refractivity contribution in [2.24, 2.45) is 0 Å². The highest BCUT2D eigenvalue weighted by Gasteiger charge is 2.22. The predicted molar refractivity (Wildman–Crippen MR) is 90.8 cm³/mol. The summed E-state index contributed by atoms with van der Waals surface area (Å²) in [4.78, 5) is 6.75. The molecule has 0 bridgehead atoms. The Hall–Kier alpha value is -1.50. The molecular formula is C18H26N4O2. The van der Waals surface area contributed by atoms with Gasteiger partial charge in [0.1, 0.15) is 6.33 Å². The molecule has 0 aliphatic carbocycles. The van der Waals surface area contributed by atoms with Crippen LogP contribution in [0.4, 0.5) is 0 Å². The SMILES string of the molecule is c1nc2cc(CN3CCC(OCC4CCCCO4)CC3)ccn2n1. The molecule has 24 heavy (non-hydrogen) atoms. The smallest absolute Gasteiger partial charge is 0.155 e. The summed E-state index contributed by atoms with van der Waals surface area (Å²) in [7, 11) is 0. The van der Waals surface area contributed by atoms with Crippen molar-refractivity contribution in [1.82, 2.24) is 19.5 Å². The van der Waals surface area contributed by atoms with Crippen LogP contribution in [0.3, 0.4) is 0 Å². The lowest BCUT2D eigenvalue weighted by Crippen LogP contribution is -2.38. The number of nitrogens with zero attached hydrogens (tertiary/aromatic N) is 4. The number of piperidine rings is 1. The van der Waals surface area contributed by atoms with Gasteiger partial charge in [0.05, 0.1) is 18.8 Å². The second-order valence-electron chi connectivity index (χ2n) is 6.90. The number of ether oxygens (including phenoxy) is 2. The molecule has 0 radical (unpaired) electrons. The number of fused-ring (bicyclic) bond motifs is 1. The van der Waals surface area contributed by atoms with Crippen LogP contribution >= 0.6 is 0 Å². The zero-order chi connectivity index (χ0) is 16.2. The Balaban J connectivity index is 1.22. The fourth-order valence-electron chi connectivity index (χ4n) is 3.63. The molecule has 2 saturated heterocycles. The maximum atomic E-state index is 6.09. The van der Waals surface area contributed by atoms with E-state index in [0.29, 0.717) is 12.2 Å². The summed E-state index contributed by atoms with van der Waals surface area (Å²) >= 11 is 0. The molecule has 2 aromatic heterocycles. The van der Waals surface area contributed by atoms with Gasteiger partial charge in [-0.25, -0.2) is 9.50 Å². The Bertz CT molecular complexity index is 645. The summed E-state index contributed by atoms with van der Waals surface area (Å²) in [5, 5.41) is 4.14. The Morgan fingerprint density at radius 1 is 1.21 bits per heavy atom. The van der Waals surface area contributed by atoms with Crippen molar-refractivity contribution < 1.29 is 9.47 Å². The van der Waals surface area contributed by atoms with Gasteiger partial charge in [0.15, 0.2) is 5.65 Å². The summed E-state index contributed by atoms with van der Waals surface area (Å²) in [5.41, 5.74) is 2.21. The van der Waals surface area contributed by atoms with Gasteiger partial charge in [-0.05, 0) is 49.8 Å². The van der Waals surface area contributed by atoms with Crippen LogP contribution in [-0.4, -0.2) is 58.0 Å². The van der Waals surface area contributed by atoms with Crippen molar-refractivity contribution in [3.05, 3.63) is 30.2 Å². The van der Waals surface area contributed by atoms with Crippen LogP contribution in [-0.2, 0) is 16.0 Å². The van der Waals surface area contributed by atoms with Gasteiger partial charge in [-0.3, -0.25) is 4.90 Å². The van der Waals surface area contributed by atoms with E-state index in [1.54, 1.807) is 10.8 Å². The van der Waals surface area contributed by atoms with Crippen LogP contribution < -0.4 is 0 Å². The minimum atomic E-state index is 0.326. The molecule has 2 aromatic rings. The zero-order valence-electron chi connectivity index (χ0n) is 14.1. The van der Waals surface area contributed by atoms with E-state index in [1.165, 1.54) is 18.4 Å². The molecular weight excluding hydrogens is 304 g/mol. The van der Waals surface area contributed by atoms with Crippen LogP contribution in [0, 0.1) is 0 Å². The molecule has 1 unspecified atom stereocenters. The molecule has 6 nitrogen and oxygen atoms in total. The monoisotopic (exact) mass is 330 g/mol. The lowest BCUT2D eigenvalue weighted by Gasteiger charge is -2.33. The van der Waals surface area contributed by atoms with Gasteiger partial charge in [0.25, 0.3) is 0 Å². The molecule has 0 amide bonds. The molecule has 6 heteroatoms. The number of rotatable bonds is 5. The summed E-state index contributed by atoms with van der Waals surface area (Å²) in [6.07, 6.45) is 10.2. The Morgan fingerprint density at radius 3 is 2.96 bits per heavy atom. The van der Waals surface area contributed by atoms with Crippen molar-refractivity contribution in [3.8, 4) is 0 Å². The van der Waals surface area contributed by atoms with Crippen molar-refractivity contribution in [3.63, 3.8) is 0 Å². The van der Waals surface area contributed by atoms with E-state index >= 15 is 0 Å². The van der Waals surface area contributed by atoms with Gasteiger partial charge in [0, 0.05) is 32.4 Å². The highest BCUT2D eigenvalue weighted by atomic mass is 16.5. The van der Waals surface area contributed by atoms with Gasteiger partial charge in [-0.15, -0.1) is 0 Å². The Kier molecular flexibility index (Phi) is 5.06. The lowest BCUT2D eigenvalue weighted by atomic mass is 10.1. The molecule has 2 aliphatic rings. The number of hydrogen-bond donors (Lipinski definition) is 0. The number of pyridine rings is 1. The third kappa shape index (κ3) is 3.94. The third-order valence-corrected chi connectivity index (χ3v) is 5.08. The molecule has 4 heterocycles. The van der Waals surface area contributed by atoms with E-state index in [2.05, 4.69) is 27.1 Å². The van der Waals surface area contributed by atoms with E-state index < -0.39 is 0 Å². The molecule has 0 aromatic carbocycles. The molecule has 130 valence electrons. The fraction of sp³-hybridized carbons (Fsp3) is 0.667. The van der Waals surface area contributed by atoms with Crippen molar-refractivity contribution in [1.29, 1.82) is 0 Å². The maximum absolute atomic E-state index is 6.09. The average Bonchev–Trinajstić information content (AvgIpc) is 3.10. The molecule has 0 spiro atoms. The van der Waals surface area contributed by atoms with Gasteiger partial charge < -0.3 is 9.47 Å². The minimum Gasteiger partial charge on any atom is -0.376 e. The van der Waals surface area contributed by atoms with Gasteiger partial charge in [-0.2, -0.15) is 5.10 Å². The molecule has 4 rings (SSSR count). The highest BCUT2D eigenvalue weighted by molar-refractivity contribution is 5.39. The summed E-state index contributed by atoms with van der Waals surface area (Å²) in [6.45, 7) is 4.83. The normalized spacial score (nSPS) is 23.8.